The van der Waals surface area contributed by atoms with Gasteiger partial charge in [-0.1, -0.05) is 31.4 Å². The van der Waals surface area contributed by atoms with E-state index in [0.717, 1.165) is 18.8 Å². The Morgan fingerprint density at radius 2 is 1.65 bits per heavy atom. The molecule has 0 amide bonds. The van der Waals surface area contributed by atoms with Crippen molar-refractivity contribution in [2.75, 3.05) is 18.0 Å². The third-order valence-corrected chi connectivity index (χ3v) is 5.21. The Balaban J connectivity index is 1.73. The quantitative estimate of drug-likeness (QED) is 0.887. The van der Waals surface area contributed by atoms with Crippen LogP contribution in [0.1, 0.15) is 55.3 Å². The van der Waals surface area contributed by atoms with Crippen molar-refractivity contribution in [3.05, 3.63) is 29.8 Å². The average molecular weight is 273 g/mol. The first-order valence-corrected chi connectivity index (χ1v) is 7.78. The Morgan fingerprint density at radius 3 is 2.30 bits per heavy atom. The van der Waals surface area contributed by atoms with Gasteiger partial charge in [-0.05, 0) is 43.2 Å². The van der Waals surface area contributed by atoms with Crippen LogP contribution in [-0.4, -0.2) is 24.2 Å². The molecule has 1 saturated heterocycles. The average Bonchev–Trinajstić information content (AvgIpc) is 2.49. The summed E-state index contributed by atoms with van der Waals surface area (Å²) >= 11 is 0. The highest BCUT2D eigenvalue weighted by Crippen LogP contribution is 2.45. The van der Waals surface area contributed by atoms with Gasteiger partial charge in [0.25, 0.3) is 0 Å². The predicted molar refractivity (Wildman–Crippen MR) is 80.4 cm³/mol. The molecule has 1 aliphatic heterocycles. The van der Waals surface area contributed by atoms with Crippen LogP contribution >= 0.6 is 0 Å². The third kappa shape index (κ3) is 2.54. The molecule has 0 unspecified atom stereocenters. The topological polar surface area (TPSA) is 40.5 Å². The lowest BCUT2D eigenvalue weighted by Crippen LogP contribution is -2.41. The largest absolute Gasteiger partial charge is 0.478 e. The fraction of sp³-hybridized carbons (Fsp3) is 0.588. The van der Waals surface area contributed by atoms with Gasteiger partial charge >= 0.3 is 5.97 Å². The number of para-hydroxylation sites is 1. The fourth-order valence-corrected chi connectivity index (χ4v) is 3.95. The minimum atomic E-state index is -0.821. The van der Waals surface area contributed by atoms with Gasteiger partial charge in [0, 0.05) is 13.1 Å². The van der Waals surface area contributed by atoms with Crippen molar-refractivity contribution >= 4 is 11.7 Å². The fourth-order valence-electron chi connectivity index (χ4n) is 3.95. The minimum Gasteiger partial charge on any atom is -0.478 e. The number of piperidine rings is 1. The second kappa shape index (κ2) is 5.47. The molecule has 3 nitrogen and oxygen atoms in total. The highest BCUT2D eigenvalue weighted by Gasteiger charge is 2.36. The molecule has 1 aliphatic carbocycles. The Kier molecular flexibility index (Phi) is 3.68. The molecule has 0 bridgehead atoms. The van der Waals surface area contributed by atoms with E-state index in [2.05, 4.69) is 4.90 Å². The smallest absolute Gasteiger partial charge is 0.337 e. The molecule has 1 saturated carbocycles. The number of hydrogen-bond donors (Lipinski definition) is 1. The molecule has 0 aromatic heterocycles. The molecule has 3 heteroatoms. The second-order valence-corrected chi connectivity index (χ2v) is 6.37. The van der Waals surface area contributed by atoms with Crippen LogP contribution in [0.3, 0.4) is 0 Å². The van der Waals surface area contributed by atoms with Crippen molar-refractivity contribution < 1.29 is 9.90 Å². The second-order valence-electron chi connectivity index (χ2n) is 6.37. The van der Waals surface area contributed by atoms with Crippen LogP contribution < -0.4 is 4.90 Å². The first-order valence-electron chi connectivity index (χ1n) is 7.78. The molecule has 0 atom stereocenters. The van der Waals surface area contributed by atoms with Crippen LogP contribution in [-0.2, 0) is 0 Å². The summed E-state index contributed by atoms with van der Waals surface area (Å²) in [5.41, 5.74) is 1.89. The van der Waals surface area contributed by atoms with E-state index in [1.807, 2.05) is 12.1 Å². The predicted octanol–water partition coefficient (Wildman–Crippen LogP) is 3.94. The lowest BCUT2D eigenvalue weighted by atomic mass is 9.68. The zero-order valence-corrected chi connectivity index (χ0v) is 12.0. The van der Waals surface area contributed by atoms with Crippen LogP contribution in [0.15, 0.2) is 24.3 Å². The summed E-state index contributed by atoms with van der Waals surface area (Å²) in [5, 5.41) is 9.31. The van der Waals surface area contributed by atoms with Gasteiger partial charge in [0.1, 0.15) is 0 Å². The summed E-state index contributed by atoms with van der Waals surface area (Å²) < 4.78 is 0. The monoisotopic (exact) mass is 273 g/mol. The van der Waals surface area contributed by atoms with E-state index in [1.54, 1.807) is 12.1 Å². The Bertz CT molecular complexity index is 482. The number of aromatic carboxylic acids is 1. The van der Waals surface area contributed by atoms with Gasteiger partial charge in [-0.15, -0.1) is 0 Å². The number of nitrogens with zero attached hydrogens (tertiary/aromatic N) is 1. The molecular weight excluding hydrogens is 250 g/mol. The molecule has 1 spiro atoms. The van der Waals surface area contributed by atoms with Gasteiger partial charge in [0.15, 0.2) is 0 Å². The maximum atomic E-state index is 11.3. The number of anilines is 1. The van der Waals surface area contributed by atoms with Crippen molar-refractivity contribution in [3.8, 4) is 0 Å². The van der Waals surface area contributed by atoms with Crippen molar-refractivity contribution in [2.45, 2.75) is 44.9 Å². The van der Waals surface area contributed by atoms with Crippen molar-refractivity contribution in [3.63, 3.8) is 0 Å². The highest BCUT2D eigenvalue weighted by atomic mass is 16.4. The van der Waals surface area contributed by atoms with Crippen molar-refractivity contribution in [1.82, 2.24) is 0 Å². The standard InChI is InChI=1S/C17H23NO2/c19-16(20)14-6-2-3-7-15(14)18-12-10-17(11-13-18)8-4-1-5-9-17/h2-3,6-7H,1,4-5,8-13H2,(H,19,20). The van der Waals surface area contributed by atoms with E-state index in [4.69, 9.17) is 0 Å². The first kappa shape index (κ1) is 13.5. The van der Waals surface area contributed by atoms with Gasteiger partial charge in [-0.25, -0.2) is 4.79 Å². The van der Waals surface area contributed by atoms with Gasteiger partial charge in [0.2, 0.25) is 0 Å². The number of hydrogen-bond acceptors (Lipinski definition) is 2. The summed E-state index contributed by atoms with van der Waals surface area (Å²) in [4.78, 5) is 13.6. The van der Waals surface area contributed by atoms with Crippen LogP contribution in [0.25, 0.3) is 0 Å². The van der Waals surface area contributed by atoms with E-state index in [1.165, 1.54) is 44.9 Å². The number of carbonyl (C=O) groups is 1. The maximum absolute atomic E-state index is 11.3. The van der Waals surface area contributed by atoms with Crippen molar-refractivity contribution in [2.24, 2.45) is 5.41 Å². The van der Waals surface area contributed by atoms with E-state index < -0.39 is 5.97 Å². The zero-order chi connectivity index (χ0) is 14.0. The third-order valence-electron chi connectivity index (χ3n) is 5.21. The Labute approximate surface area is 120 Å². The normalized spacial score (nSPS) is 21.9. The van der Waals surface area contributed by atoms with Gasteiger partial charge in [-0.2, -0.15) is 0 Å². The van der Waals surface area contributed by atoms with E-state index in [-0.39, 0.29) is 0 Å². The first-order chi connectivity index (χ1) is 9.70. The number of rotatable bonds is 2. The molecule has 20 heavy (non-hydrogen) atoms. The molecule has 108 valence electrons. The molecule has 2 aliphatic rings. The molecule has 3 rings (SSSR count). The Morgan fingerprint density at radius 1 is 1.00 bits per heavy atom. The Hall–Kier alpha value is -1.51. The molecule has 1 heterocycles. The summed E-state index contributed by atoms with van der Waals surface area (Å²) in [6.07, 6.45) is 9.36. The maximum Gasteiger partial charge on any atom is 0.337 e. The molecule has 2 fully saturated rings. The molecule has 1 N–H and O–H groups in total. The molecular formula is C17H23NO2. The molecule has 1 aromatic rings. The number of benzene rings is 1. The van der Waals surface area contributed by atoms with Crippen LogP contribution in [0.4, 0.5) is 5.69 Å². The summed E-state index contributed by atoms with van der Waals surface area (Å²) in [6.45, 7) is 2.01. The lowest BCUT2D eigenvalue weighted by Gasteiger charge is -2.45. The molecule has 0 radical (unpaired) electrons. The summed E-state index contributed by atoms with van der Waals surface area (Å²) in [5.74, 6) is -0.821. The van der Waals surface area contributed by atoms with Crippen LogP contribution in [0, 0.1) is 5.41 Å². The van der Waals surface area contributed by atoms with Crippen LogP contribution in [0.5, 0.6) is 0 Å². The number of carboxylic acids is 1. The molecule has 1 aromatic carbocycles. The SMILES string of the molecule is O=C(O)c1ccccc1N1CCC2(CCCCC2)CC1. The van der Waals surface area contributed by atoms with Gasteiger partial charge in [0.05, 0.1) is 11.3 Å². The lowest BCUT2D eigenvalue weighted by molar-refractivity contribution is 0.0697. The van der Waals surface area contributed by atoms with Gasteiger partial charge in [-0.3, -0.25) is 0 Å². The van der Waals surface area contributed by atoms with Crippen LogP contribution in [0.2, 0.25) is 0 Å². The summed E-state index contributed by atoms with van der Waals surface area (Å²) in [7, 11) is 0. The zero-order valence-electron chi connectivity index (χ0n) is 12.0. The minimum absolute atomic E-state index is 0.437. The van der Waals surface area contributed by atoms with E-state index in [0.29, 0.717) is 11.0 Å². The van der Waals surface area contributed by atoms with Crippen molar-refractivity contribution in [1.29, 1.82) is 0 Å². The van der Waals surface area contributed by atoms with E-state index in [9.17, 15) is 9.90 Å². The highest BCUT2D eigenvalue weighted by molar-refractivity contribution is 5.94. The number of carboxylic acid groups (broad SMARTS) is 1. The summed E-state index contributed by atoms with van der Waals surface area (Å²) in [6, 6.07) is 7.40. The van der Waals surface area contributed by atoms with Gasteiger partial charge < -0.3 is 10.0 Å². The van der Waals surface area contributed by atoms with E-state index >= 15 is 0 Å².